The zero-order chi connectivity index (χ0) is 10.0. The van der Waals surface area contributed by atoms with Crippen LogP contribution in [0, 0.1) is 0 Å². The van der Waals surface area contributed by atoms with E-state index in [0.29, 0.717) is 5.56 Å². The van der Waals surface area contributed by atoms with Gasteiger partial charge in [0.1, 0.15) is 11.5 Å². The molecule has 0 bridgehead atoms. The van der Waals surface area contributed by atoms with Crippen LogP contribution in [0.1, 0.15) is 12.5 Å². The minimum atomic E-state index is -0.398. The number of hydrogen-bond donors (Lipinski definition) is 3. The summed E-state index contributed by atoms with van der Waals surface area (Å²) < 4.78 is 0. The van der Waals surface area contributed by atoms with E-state index in [0.717, 1.165) is 6.07 Å². The molecule has 0 aliphatic heterocycles. The van der Waals surface area contributed by atoms with E-state index in [-0.39, 0.29) is 23.7 Å². The van der Waals surface area contributed by atoms with E-state index in [1.807, 2.05) is 0 Å². The van der Waals surface area contributed by atoms with Crippen molar-refractivity contribution in [2.24, 2.45) is 0 Å². The summed E-state index contributed by atoms with van der Waals surface area (Å²) >= 11 is 0. The van der Waals surface area contributed by atoms with Gasteiger partial charge in [-0.2, -0.15) is 0 Å². The first-order valence-corrected chi connectivity index (χ1v) is 3.74. The molecule has 0 fully saturated rings. The summed E-state index contributed by atoms with van der Waals surface area (Å²) in [6.07, 6.45) is 0.0413. The first kappa shape index (κ1) is 9.38. The van der Waals surface area contributed by atoms with Crippen LogP contribution in [-0.2, 0) is 11.2 Å². The highest BCUT2D eigenvalue weighted by Gasteiger charge is 2.08. The molecule has 0 aliphatic rings. The lowest BCUT2D eigenvalue weighted by Crippen LogP contribution is -1.96. The average molecular weight is 182 g/mol. The van der Waals surface area contributed by atoms with Crippen molar-refractivity contribution >= 4 is 5.78 Å². The molecule has 1 aromatic rings. The lowest BCUT2D eigenvalue weighted by atomic mass is 10.1. The Morgan fingerprint density at radius 3 is 2.23 bits per heavy atom. The van der Waals surface area contributed by atoms with Gasteiger partial charge in [0.05, 0.1) is 0 Å². The second-order valence-electron chi connectivity index (χ2n) is 2.85. The fourth-order valence-electron chi connectivity index (χ4n) is 1.02. The Bertz CT molecular complexity index is 344. The number of aromatic hydroxyl groups is 3. The molecular weight excluding hydrogens is 172 g/mol. The molecule has 1 rings (SSSR count). The van der Waals surface area contributed by atoms with Crippen LogP contribution >= 0.6 is 0 Å². The molecule has 0 saturated heterocycles. The maximum atomic E-state index is 10.7. The third-order valence-electron chi connectivity index (χ3n) is 1.62. The van der Waals surface area contributed by atoms with Crippen molar-refractivity contribution in [3.63, 3.8) is 0 Å². The minimum Gasteiger partial charge on any atom is -0.508 e. The van der Waals surface area contributed by atoms with Crippen LogP contribution in [0.2, 0.25) is 0 Å². The van der Waals surface area contributed by atoms with E-state index in [1.54, 1.807) is 0 Å². The topological polar surface area (TPSA) is 77.8 Å². The van der Waals surface area contributed by atoms with E-state index >= 15 is 0 Å². The van der Waals surface area contributed by atoms with Crippen molar-refractivity contribution < 1.29 is 20.1 Å². The van der Waals surface area contributed by atoms with Gasteiger partial charge < -0.3 is 15.3 Å². The van der Waals surface area contributed by atoms with E-state index in [4.69, 9.17) is 10.2 Å². The maximum Gasteiger partial charge on any atom is 0.161 e. The molecule has 4 heteroatoms. The zero-order valence-corrected chi connectivity index (χ0v) is 7.11. The highest BCUT2D eigenvalue weighted by molar-refractivity contribution is 5.79. The summed E-state index contributed by atoms with van der Waals surface area (Å²) in [6, 6.07) is 2.18. The van der Waals surface area contributed by atoms with Gasteiger partial charge in [0.25, 0.3) is 0 Å². The summed E-state index contributed by atoms with van der Waals surface area (Å²) in [5.41, 5.74) is 0.308. The standard InChI is InChI=1S/C9H10O4/c1-5(10)2-6-3-8(12)9(13)4-7(6)11/h3-4,11-13H,2H2,1H3. The molecule has 0 unspecified atom stereocenters. The lowest BCUT2D eigenvalue weighted by Gasteiger charge is -2.04. The number of carbonyl (C=O) groups excluding carboxylic acids is 1. The third kappa shape index (κ3) is 2.11. The highest BCUT2D eigenvalue weighted by atomic mass is 16.3. The molecule has 0 radical (unpaired) electrons. The van der Waals surface area contributed by atoms with Crippen molar-refractivity contribution in [1.29, 1.82) is 0 Å². The fourth-order valence-corrected chi connectivity index (χ4v) is 1.02. The fraction of sp³-hybridized carbons (Fsp3) is 0.222. The van der Waals surface area contributed by atoms with Crippen LogP contribution in [0.5, 0.6) is 17.2 Å². The maximum absolute atomic E-state index is 10.7. The number of rotatable bonds is 2. The summed E-state index contributed by atoms with van der Waals surface area (Å²) in [6.45, 7) is 1.38. The molecular formula is C9H10O4. The van der Waals surface area contributed by atoms with Crippen LogP contribution in [0.25, 0.3) is 0 Å². The number of phenolic OH excluding ortho intramolecular Hbond substituents is 3. The van der Waals surface area contributed by atoms with Gasteiger partial charge >= 0.3 is 0 Å². The normalized spacial score (nSPS) is 9.92. The molecule has 0 heterocycles. The van der Waals surface area contributed by atoms with Gasteiger partial charge in [0.15, 0.2) is 11.5 Å². The smallest absolute Gasteiger partial charge is 0.161 e. The molecule has 0 amide bonds. The number of ketones is 1. The molecule has 4 nitrogen and oxygen atoms in total. The van der Waals surface area contributed by atoms with Crippen LogP contribution in [0.15, 0.2) is 12.1 Å². The Kier molecular flexibility index (Phi) is 2.41. The van der Waals surface area contributed by atoms with Gasteiger partial charge in [-0.25, -0.2) is 0 Å². The molecule has 13 heavy (non-hydrogen) atoms. The van der Waals surface area contributed by atoms with Gasteiger partial charge in [-0.3, -0.25) is 4.79 Å². The molecule has 0 saturated carbocycles. The average Bonchev–Trinajstić information content (AvgIpc) is 1.99. The summed E-state index contributed by atoms with van der Waals surface area (Å²) in [5.74, 6) is -1.05. The Labute approximate surface area is 75.1 Å². The quantitative estimate of drug-likeness (QED) is 0.469. The minimum absolute atomic E-state index is 0.0413. The van der Waals surface area contributed by atoms with Gasteiger partial charge in [-0.05, 0) is 13.0 Å². The van der Waals surface area contributed by atoms with Crippen molar-refractivity contribution in [2.45, 2.75) is 13.3 Å². The van der Waals surface area contributed by atoms with E-state index in [9.17, 15) is 9.90 Å². The van der Waals surface area contributed by atoms with E-state index in [1.165, 1.54) is 13.0 Å². The molecule has 0 atom stereocenters. The largest absolute Gasteiger partial charge is 0.508 e. The molecule has 3 N–H and O–H groups in total. The number of phenols is 3. The molecule has 0 aliphatic carbocycles. The summed E-state index contributed by atoms with van der Waals surface area (Å²) in [4.78, 5) is 10.7. The van der Waals surface area contributed by atoms with Crippen molar-refractivity contribution in [1.82, 2.24) is 0 Å². The van der Waals surface area contributed by atoms with Crippen molar-refractivity contribution in [3.8, 4) is 17.2 Å². The van der Waals surface area contributed by atoms with Gasteiger partial charge in [-0.15, -0.1) is 0 Å². The number of hydrogen-bond acceptors (Lipinski definition) is 4. The Morgan fingerprint density at radius 1 is 1.15 bits per heavy atom. The number of carbonyl (C=O) groups is 1. The zero-order valence-electron chi connectivity index (χ0n) is 7.11. The van der Waals surface area contributed by atoms with Gasteiger partial charge in [0, 0.05) is 18.1 Å². The predicted molar refractivity (Wildman–Crippen MR) is 45.8 cm³/mol. The summed E-state index contributed by atoms with van der Waals surface area (Å²) in [5, 5.41) is 27.3. The monoisotopic (exact) mass is 182 g/mol. The second-order valence-corrected chi connectivity index (χ2v) is 2.85. The molecule has 0 aromatic heterocycles. The predicted octanol–water partition coefficient (Wildman–Crippen LogP) is 0.935. The first-order chi connectivity index (χ1) is 6.00. The molecule has 1 aromatic carbocycles. The second kappa shape index (κ2) is 3.35. The van der Waals surface area contributed by atoms with E-state index in [2.05, 4.69) is 0 Å². The Hall–Kier alpha value is -1.71. The number of benzene rings is 1. The first-order valence-electron chi connectivity index (χ1n) is 3.74. The lowest BCUT2D eigenvalue weighted by molar-refractivity contribution is -0.116. The molecule has 0 spiro atoms. The van der Waals surface area contributed by atoms with Crippen molar-refractivity contribution in [3.05, 3.63) is 17.7 Å². The van der Waals surface area contributed by atoms with Crippen LogP contribution in [0.4, 0.5) is 0 Å². The Balaban J connectivity index is 3.08. The Morgan fingerprint density at radius 2 is 1.69 bits per heavy atom. The molecule has 70 valence electrons. The van der Waals surface area contributed by atoms with Gasteiger partial charge in [0.2, 0.25) is 0 Å². The SMILES string of the molecule is CC(=O)Cc1cc(O)c(O)cc1O. The summed E-state index contributed by atoms with van der Waals surface area (Å²) in [7, 11) is 0. The number of Topliss-reactive ketones (excluding diaryl/α,β-unsaturated/α-hetero) is 1. The van der Waals surface area contributed by atoms with Crippen LogP contribution in [0.3, 0.4) is 0 Å². The van der Waals surface area contributed by atoms with Crippen molar-refractivity contribution in [2.75, 3.05) is 0 Å². The van der Waals surface area contributed by atoms with E-state index < -0.39 is 5.75 Å². The third-order valence-corrected chi connectivity index (χ3v) is 1.62. The van der Waals surface area contributed by atoms with Gasteiger partial charge in [-0.1, -0.05) is 0 Å². The van der Waals surface area contributed by atoms with Crippen LogP contribution < -0.4 is 0 Å². The highest BCUT2D eigenvalue weighted by Crippen LogP contribution is 2.32. The van der Waals surface area contributed by atoms with Crippen LogP contribution in [-0.4, -0.2) is 21.1 Å².